The molecule has 1 saturated heterocycles. The summed E-state index contributed by atoms with van der Waals surface area (Å²) in [7, 11) is 2.00. The molecule has 0 N–H and O–H groups in total. The Balaban J connectivity index is 1.99. The molecule has 0 radical (unpaired) electrons. The van der Waals surface area contributed by atoms with Crippen molar-refractivity contribution in [2.45, 2.75) is 45.8 Å². The van der Waals surface area contributed by atoms with E-state index in [9.17, 15) is 4.79 Å². The number of carbonyl (C=O) groups is 1. The molecular weight excluding hydrogens is 268 g/mol. The number of aryl methyl sites for hydroxylation is 1. The molecule has 1 aromatic rings. The molecule has 1 aromatic heterocycles. The van der Waals surface area contributed by atoms with Gasteiger partial charge in [-0.25, -0.2) is 9.78 Å². The summed E-state index contributed by atoms with van der Waals surface area (Å²) in [6, 6.07) is 0.243. The van der Waals surface area contributed by atoms with Crippen LogP contribution in [0.1, 0.15) is 32.9 Å². The van der Waals surface area contributed by atoms with Gasteiger partial charge in [-0.15, -0.1) is 0 Å². The summed E-state index contributed by atoms with van der Waals surface area (Å²) in [6.07, 6.45) is 4.05. The average molecular weight is 292 g/mol. The van der Waals surface area contributed by atoms with Crippen LogP contribution in [0, 0.1) is 6.92 Å². The van der Waals surface area contributed by atoms with Gasteiger partial charge >= 0.3 is 6.09 Å². The van der Waals surface area contributed by atoms with E-state index in [1.807, 2.05) is 34.7 Å². The Labute approximate surface area is 126 Å². The third-order valence-electron chi connectivity index (χ3n) is 3.55. The molecule has 0 aliphatic carbocycles. The minimum Gasteiger partial charge on any atom is -0.444 e. The van der Waals surface area contributed by atoms with E-state index in [4.69, 9.17) is 4.74 Å². The highest BCUT2D eigenvalue weighted by Gasteiger charge is 2.32. The molecule has 6 nitrogen and oxygen atoms in total. The first-order valence-corrected chi connectivity index (χ1v) is 7.26. The number of carbonyl (C=O) groups excluding carboxylic acids is 1. The van der Waals surface area contributed by atoms with Crippen LogP contribution in [0.25, 0.3) is 0 Å². The van der Waals surface area contributed by atoms with Crippen LogP contribution in [0.15, 0.2) is 12.4 Å². The van der Waals surface area contributed by atoms with Gasteiger partial charge in [0.2, 0.25) is 0 Å². The van der Waals surface area contributed by atoms with E-state index in [0.717, 1.165) is 17.9 Å². The molecule has 116 valence electrons. The van der Waals surface area contributed by atoms with E-state index in [1.54, 1.807) is 17.3 Å². The van der Waals surface area contributed by atoms with Gasteiger partial charge in [0.25, 0.3) is 0 Å². The Hall–Kier alpha value is -1.85. The molecule has 0 spiro atoms. The molecule has 1 aliphatic rings. The average Bonchev–Trinajstić information content (AvgIpc) is 2.86. The second-order valence-corrected chi connectivity index (χ2v) is 6.45. The van der Waals surface area contributed by atoms with Crippen LogP contribution >= 0.6 is 0 Å². The van der Waals surface area contributed by atoms with Gasteiger partial charge in [-0.3, -0.25) is 4.98 Å². The van der Waals surface area contributed by atoms with Crippen molar-refractivity contribution in [2.24, 2.45) is 0 Å². The maximum absolute atomic E-state index is 12.1. The minimum atomic E-state index is -0.456. The van der Waals surface area contributed by atoms with Crippen LogP contribution in [0.5, 0.6) is 0 Å². The topological polar surface area (TPSA) is 58.6 Å². The number of rotatable bonds is 2. The van der Waals surface area contributed by atoms with Crippen molar-refractivity contribution in [3.8, 4) is 0 Å². The van der Waals surface area contributed by atoms with Crippen molar-refractivity contribution in [3.63, 3.8) is 0 Å². The molecule has 21 heavy (non-hydrogen) atoms. The van der Waals surface area contributed by atoms with Crippen LogP contribution < -0.4 is 4.90 Å². The first-order chi connectivity index (χ1) is 9.78. The van der Waals surface area contributed by atoms with Crippen LogP contribution in [0.3, 0.4) is 0 Å². The number of ether oxygens (including phenoxy) is 1. The molecule has 1 atom stereocenters. The van der Waals surface area contributed by atoms with Gasteiger partial charge in [0.15, 0.2) is 0 Å². The van der Waals surface area contributed by atoms with Crippen LogP contribution in [-0.2, 0) is 4.74 Å². The van der Waals surface area contributed by atoms with Crippen LogP contribution in [0.4, 0.5) is 10.6 Å². The van der Waals surface area contributed by atoms with Gasteiger partial charge in [0, 0.05) is 38.6 Å². The van der Waals surface area contributed by atoms with E-state index in [2.05, 4.69) is 14.9 Å². The lowest BCUT2D eigenvalue weighted by Crippen LogP contribution is -2.39. The Morgan fingerprint density at radius 2 is 2.05 bits per heavy atom. The predicted octanol–water partition coefficient (Wildman–Crippen LogP) is 2.23. The molecule has 2 rings (SSSR count). The quantitative estimate of drug-likeness (QED) is 0.836. The maximum atomic E-state index is 12.1. The number of nitrogens with zero attached hydrogens (tertiary/aromatic N) is 4. The summed E-state index contributed by atoms with van der Waals surface area (Å²) >= 11 is 0. The monoisotopic (exact) mass is 292 g/mol. The van der Waals surface area contributed by atoms with Crippen molar-refractivity contribution in [1.82, 2.24) is 14.9 Å². The fraction of sp³-hybridized carbons (Fsp3) is 0.667. The summed E-state index contributed by atoms with van der Waals surface area (Å²) in [5.41, 5.74) is 0.443. The fourth-order valence-electron chi connectivity index (χ4n) is 2.47. The summed E-state index contributed by atoms with van der Waals surface area (Å²) in [5, 5.41) is 0. The standard InChI is InChI=1S/C15H24N4O2/c1-11-13(17-8-7-16-11)18(5)12-6-9-19(10-12)14(20)21-15(2,3)4/h7-8,12H,6,9-10H2,1-5H3/t12-/m0/s1. The molecule has 0 saturated carbocycles. The Morgan fingerprint density at radius 1 is 1.38 bits per heavy atom. The molecular formula is C15H24N4O2. The van der Waals surface area contributed by atoms with Crippen molar-refractivity contribution >= 4 is 11.9 Å². The number of likely N-dealkylation sites (tertiary alicyclic amines) is 1. The zero-order chi connectivity index (χ0) is 15.6. The van der Waals surface area contributed by atoms with Gasteiger partial charge in [-0.2, -0.15) is 0 Å². The van der Waals surface area contributed by atoms with Crippen LogP contribution in [-0.4, -0.2) is 52.7 Å². The summed E-state index contributed by atoms with van der Waals surface area (Å²) in [5.74, 6) is 0.869. The zero-order valence-electron chi connectivity index (χ0n) is 13.5. The molecule has 0 unspecified atom stereocenters. The van der Waals surface area contributed by atoms with Gasteiger partial charge in [-0.1, -0.05) is 0 Å². The first-order valence-electron chi connectivity index (χ1n) is 7.26. The van der Waals surface area contributed by atoms with Crippen molar-refractivity contribution in [3.05, 3.63) is 18.1 Å². The van der Waals surface area contributed by atoms with Gasteiger partial charge in [0.05, 0.1) is 5.69 Å². The van der Waals surface area contributed by atoms with E-state index < -0.39 is 5.60 Å². The molecule has 1 fully saturated rings. The van der Waals surface area contributed by atoms with E-state index >= 15 is 0 Å². The number of likely N-dealkylation sites (N-methyl/N-ethyl adjacent to an activating group) is 1. The number of hydrogen-bond acceptors (Lipinski definition) is 5. The molecule has 0 bridgehead atoms. The minimum absolute atomic E-state index is 0.241. The highest BCUT2D eigenvalue weighted by atomic mass is 16.6. The number of aromatic nitrogens is 2. The molecule has 1 aliphatic heterocycles. The van der Waals surface area contributed by atoms with E-state index in [1.165, 1.54) is 0 Å². The maximum Gasteiger partial charge on any atom is 0.410 e. The molecule has 2 heterocycles. The summed E-state index contributed by atoms with van der Waals surface area (Å²) < 4.78 is 5.42. The highest BCUT2D eigenvalue weighted by Crippen LogP contribution is 2.22. The molecule has 0 aromatic carbocycles. The fourth-order valence-corrected chi connectivity index (χ4v) is 2.47. The number of anilines is 1. The second kappa shape index (κ2) is 5.87. The lowest BCUT2D eigenvalue weighted by atomic mass is 10.2. The smallest absolute Gasteiger partial charge is 0.410 e. The number of hydrogen-bond donors (Lipinski definition) is 0. The third kappa shape index (κ3) is 3.83. The van der Waals surface area contributed by atoms with Crippen molar-refractivity contribution in [1.29, 1.82) is 0 Å². The SMILES string of the molecule is Cc1nccnc1N(C)[C@H]1CCN(C(=O)OC(C)(C)C)C1. The van der Waals surface area contributed by atoms with E-state index in [-0.39, 0.29) is 12.1 Å². The lowest BCUT2D eigenvalue weighted by Gasteiger charge is -2.27. The summed E-state index contributed by atoms with van der Waals surface area (Å²) in [6.45, 7) is 8.96. The normalized spacial score (nSPS) is 18.7. The summed E-state index contributed by atoms with van der Waals surface area (Å²) in [4.78, 5) is 24.6. The Bertz CT molecular complexity index is 513. The Kier molecular flexibility index (Phi) is 4.34. The first kappa shape index (κ1) is 15.5. The van der Waals surface area contributed by atoms with E-state index in [0.29, 0.717) is 13.1 Å². The van der Waals surface area contributed by atoms with Crippen molar-refractivity contribution in [2.75, 3.05) is 25.0 Å². The van der Waals surface area contributed by atoms with Crippen molar-refractivity contribution < 1.29 is 9.53 Å². The largest absolute Gasteiger partial charge is 0.444 e. The predicted molar refractivity (Wildman–Crippen MR) is 81.4 cm³/mol. The molecule has 1 amide bonds. The highest BCUT2D eigenvalue weighted by molar-refractivity contribution is 5.68. The van der Waals surface area contributed by atoms with Gasteiger partial charge in [0.1, 0.15) is 11.4 Å². The number of amides is 1. The van der Waals surface area contributed by atoms with Gasteiger partial charge in [-0.05, 0) is 34.1 Å². The van der Waals surface area contributed by atoms with Crippen LogP contribution in [0.2, 0.25) is 0 Å². The van der Waals surface area contributed by atoms with Gasteiger partial charge < -0.3 is 14.5 Å². The second-order valence-electron chi connectivity index (χ2n) is 6.45. The third-order valence-corrected chi connectivity index (χ3v) is 3.55. The Morgan fingerprint density at radius 3 is 2.67 bits per heavy atom. The zero-order valence-corrected chi connectivity index (χ0v) is 13.5. The molecule has 6 heteroatoms. The lowest BCUT2D eigenvalue weighted by molar-refractivity contribution is 0.0292.